The number of hydrogen-bond donors (Lipinski definition) is 1. The topological polar surface area (TPSA) is 55.9 Å². The fourth-order valence-electron chi connectivity index (χ4n) is 3.92. The number of hydrogen-bond acceptors (Lipinski definition) is 4. The molecule has 0 unspecified atom stereocenters. The van der Waals surface area contributed by atoms with Crippen molar-refractivity contribution >= 4 is 17.5 Å². The first-order valence-electron chi connectivity index (χ1n) is 12.1. The number of nitrogens with one attached hydrogen (secondary N) is 1. The molecule has 1 aliphatic heterocycles. The Labute approximate surface area is 189 Å². The summed E-state index contributed by atoms with van der Waals surface area (Å²) in [7, 11) is 2.10. The highest BCUT2D eigenvalue weighted by atomic mass is 16.2. The van der Waals surface area contributed by atoms with E-state index in [1.807, 2.05) is 35.2 Å². The average Bonchev–Trinajstić information content (AvgIpc) is 2.78. The lowest BCUT2D eigenvalue weighted by atomic mass is 10.1. The minimum Gasteiger partial charge on any atom is -0.340 e. The van der Waals surface area contributed by atoms with Crippen LogP contribution < -0.4 is 5.32 Å². The van der Waals surface area contributed by atoms with Gasteiger partial charge in [-0.15, -0.1) is 0 Å². The lowest BCUT2D eigenvalue weighted by Gasteiger charge is -2.33. The number of nitrogens with zero attached hydrogens (tertiary/aromatic N) is 3. The van der Waals surface area contributed by atoms with Crippen molar-refractivity contribution in [1.82, 2.24) is 14.7 Å². The molecule has 0 bridgehead atoms. The van der Waals surface area contributed by atoms with Crippen LogP contribution in [0, 0.1) is 0 Å². The molecular formula is C25H42N4O2. The Morgan fingerprint density at radius 1 is 0.871 bits per heavy atom. The van der Waals surface area contributed by atoms with Crippen LogP contribution in [0.15, 0.2) is 30.3 Å². The summed E-state index contributed by atoms with van der Waals surface area (Å²) in [5.41, 5.74) is 0.834. The first-order valence-corrected chi connectivity index (χ1v) is 12.1. The van der Waals surface area contributed by atoms with Crippen molar-refractivity contribution in [2.75, 3.05) is 58.2 Å². The fourth-order valence-corrected chi connectivity index (χ4v) is 3.92. The molecule has 0 radical (unpaired) electrons. The van der Waals surface area contributed by atoms with E-state index in [2.05, 4.69) is 29.1 Å². The first-order chi connectivity index (χ1) is 15.1. The molecule has 0 saturated carbocycles. The van der Waals surface area contributed by atoms with Gasteiger partial charge in [-0.3, -0.25) is 9.59 Å². The smallest absolute Gasteiger partial charge is 0.225 e. The number of benzene rings is 1. The highest BCUT2D eigenvalue weighted by Gasteiger charge is 2.19. The number of amides is 2. The number of unbranched alkanes of at least 4 members (excludes halogenated alkanes) is 5. The zero-order chi connectivity index (χ0) is 22.3. The van der Waals surface area contributed by atoms with Gasteiger partial charge in [0.2, 0.25) is 11.8 Å². The van der Waals surface area contributed by atoms with Crippen molar-refractivity contribution in [3.8, 4) is 0 Å². The van der Waals surface area contributed by atoms with Gasteiger partial charge >= 0.3 is 0 Å². The van der Waals surface area contributed by atoms with Crippen molar-refractivity contribution in [3.05, 3.63) is 30.3 Å². The predicted molar refractivity (Wildman–Crippen MR) is 128 cm³/mol. The van der Waals surface area contributed by atoms with Crippen LogP contribution in [0.25, 0.3) is 0 Å². The van der Waals surface area contributed by atoms with Gasteiger partial charge in [0.15, 0.2) is 0 Å². The summed E-state index contributed by atoms with van der Waals surface area (Å²) in [5.74, 6) is 0.277. The molecule has 1 aromatic rings. The molecule has 0 spiro atoms. The third-order valence-corrected chi connectivity index (χ3v) is 6.04. The second-order valence-corrected chi connectivity index (χ2v) is 8.71. The van der Waals surface area contributed by atoms with Gasteiger partial charge in [0.1, 0.15) is 0 Å². The largest absolute Gasteiger partial charge is 0.340 e. The molecule has 6 nitrogen and oxygen atoms in total. The molecule has 1 N–H and O–H groups in total. The molecule has 0 atom stereocenters. The number of para-hydroxylation sites is 1. The third kappa shape index (κ3) is 10.8. The monoisotopic (exact) mass is 430 g/mol. The summed E-state index contributed by atoms with van der Waals surface area (Å²) in [5, 5.41) is 2.96. The predicted octanol–water partition coefficient (Wildman–Crippen LogP) is 3.84. The van der Waals surface area contributed by atoms with Gasteiger partial charge in [-0.25, -0.2) is 0 Å². The summed E-state index contributed by atoms with van der Waals surface area (Å²) in [6.07, 6.45) is 8.49. The van der Waals surface area contributed by atoms with E-state index >= 15 is 0 Å². The molecule has 2 rings (SSSR count). The summed E-state index contributed by atoms with van der Waals surface area (Å²) in [4.78, 5) is 31.6. The molecule has 0 aliphatic carbocycles. The Bertz CT molecular complexity index is 630. The van der Waals surface area contributed by atoms with Crippen LogP contribution >= 0.6 is 0 Å². The Morgan fingerprint density at radius 3 is 2.23 bits per heavy atom. The number of rotatable bonds is 14. The Kier molecular flexibility index (Phi) is 12.2. The third-order valence-electron chi connectivity index (χ3n) is 6.04. The minimum absolute atomic E-state index is 0.0320. The van der Waals surface area contributed by atoms with Crippen LogP contribution in [0.3, 0.4) is 0 Å². The number of piperazine rings is 1. The average molecular weight is 431 g/mol. The molecule has 2 amide bonds. The molecular weight excluding hydrogens is 388 g/mol. The molecule has 1 aromatic carbocycles. The SMILES string of the molecule is CCCCCCCCN(CCC(=O)Nc1ccccc1)CCC(=O)N1CCN(C)CC1. The summed E-state index contributed by atoms with van der Waals surface area (Å²) < 4.78 is 0. The number of carbonyl (C=O) groups excluding carboxylic acids is 2. The minimum atomic E-state index is 0.0320. The molecule has 1 saturated heterocycles. The molecule has 6 heteroatoms. The quantitative estimate of drug-likeness (QED) is 0.456. The second-order valence-electron chi connectivity index (χ2n) is 8.71. The van der Waals surface area contributed by atoms with Gasteiger partial charge in [-0.05, 0) is 32.1 Å². The number of likely N-dealkylation sites (N-methyl/N-ethyl adjacent to an activating group) is 1. The van der Waals surface area contributed by atoms with Crippen LogP contribution in [0.2, 0.25) is 0 Å². The number of anilines is 1. The molecule has 1 fully saturated rings. The maximum atomic E-state index is 12.6. The van der Waals surface area contributed by atoms with Crippen molar-refractivity contribution < 1.29 is 9.59 Å². The van der Waals surface area contributed by atoms with Crippen molar-refractivity contribution in [2.45, 2.75) is 58.3 Å². The highest BCUT2D eigenvalue weighted by molar-refractivity contribution is 5.90. The normalized spacial score (nSPS) is 14.7. The Hall–Kier alpha value is -1.92. The zero-order valence-electron chi connectivity index (χ0n) is 19.7. The van der Waals surface area contributed by atoms with Crippen molar-refractivity contribution in [1.29, 1.82) is 0 Å². The van der Waals surface area contributed by atoms with Crippen LogP contribution in [0.1, 0.15) is 58.3 Å². The van der Waals surface area contributed by atoms with E-state index < -0.39 is 0 Å². The van der Waals surface area contributed by atoms with E-state index in [1.54, 1.807) is 0 Å². The van der Waals surface area contributed by atoms with Gasteiger partial charge in [-0.2, -0.15) is 0 Å². The first kappa shape index (κ1) is 25.3. The van der Waals surface area contributed by atoms with E-state index in [0.717, 1.165) is 51.4 Å². The van der Waals surface area contributed by atoms with Gasteiger partial charge in [0.25, 0.3) is 0 Å². The van der Waals surface area contributed by atoms with Crippen LogP contribution in [0.4, 0.5) is 5.69 Å². The van der Waals surface area contributed by atoms with Gasteiger partial charge in [-0.1, -0.05) is 57.2 Å². The molecule has 0 aromatic heterocycles. The zero-order valence-corrected chi connectivity index (χ0v) is 19.7. The van der Waals surface area contributed by atoms with Crippen LogP contribution in [-0.2, 0) is 9.59 Å². The lowest BCUT2D eigenvalue weighted by Crippen LogP contribution is -2.47. The molecule has 31 heavy (non-hydrogen) atoms. The highest BCUT2D eigenvalue weighted by Crippen LogP contribution is 2.09. The maximum Gasteiger partial charge on any atom is 0.225 e. The Balaban J connectivity index is 1.76. The van der Waals surface area contributed by atoms with Crippen molar-refractivity contribution in [2.24, 2.45) is 0 Å². The van der Waals surface area contributed by atoms with E-state index in [9.17, 15) is 9.59 Å². The van der Waals surface area contributed by atoms with E-state index in [4.69, 9.17) is 0 Å². The van der Waals surface area contributed by atoms with Gasteiger partial charge in [0, 0.05) is 57.8 Å². The van der Waals surface area contributed by atoms with E-state index in [-0.39, 0.29) is 11.8 Å². The van der Waals surface area contributed by atoms with Gasteiger partial charge < -0.3 is 20.0 Å². The molecule has 1 heterocycles. The Morgan fingerprint density at radius 2 is 1.52 bits per heavy atom. The number of carbonyl (C=O) groups is 2. The summed E-state index contributed by atoms with van der Waals surface area (Å²) in [6.45, 7) is 8.18. The lowest BCUT2D eigenvalue weighted by molar-refractivity contribution is -0.133. The van der Waals surface area contributed by atoms with Crippen LogP contribution in [0.5, 0.6) is 0 Å². The molecule has 1 aliphatic rings. The van der Waals surface area contributed by atoms with Gasteiger partial charge in [0.05, 0.1) is 0 Å². The summed E-state index contributed by atoms with van der Waals surface area (Å²) in [6, 6.07) is 9.59. The maximum absolute atomic E-state index is 12.6. The standard InChI is InChI=1S/C25H42N4O2/c1-3-4-5-6-7-11-16-28(17-14-24(30)26-23-12-9-8-10-13-23)18-15-25(31)29-21-19-27(2)20-22-29/h8-10,12-13H,3-7,11,14-22H2,1-2H3,(H,26,30). The molecule has 174 valence electrons. The summed E-state index contributed by atoms with van der Waals surface area (Å²) >= 11 is 0. The van der Waals surface area contributed by atoms with Crippen LogP contribution in [-0.4, -0.2) is 79.4 Å². The second kappa shape index (κ2) is 15.0. The van der Waals surface area contributed by atoms with E-state index in [0.29, 0.717) is 19.4 Å². The fraction of sp³-hybridized carbons (Fsp3) is 0.680. The van der Waals surface area contributed by atoms with Crippen molar-refractivity contribution in [3.63, 3.8) is 0 Å². The van der Waals surface area contributed by atoms with E-state index in [1.165, 1.54) is 32.1 Å².